The van der Waals surface area contributed by atoms with Crippen LogP contribution in [-0.2, 0) is 6.42 Å². The Hall–Kier alpha value is -1.04. The van der Waals surface area contributed by atoms with Crippen molar-refractivity contribution in [2.45, 2.75) is 12.5 Å². The van der Waals surface area contributed by atoms with E-state index in [9.17, 15) is 0 Å². The second kappa shape index (κ2) is 6.16. The zero-order valence-corrected chi connectivity index (χ0v) is 13.6. The first-order valence-electron chi connectivity index (χ1n) is 6.58. The van der Waals surface area contributed by atoms with Crippen molar-refractivity contribution in [1.29, 1.82) is 0 Å². The Bertz CT molecular complexity index is 599. The topological polar surface area (TPSA) is 30.5 Å². The van der Waals surface area contributed by atoms with Crippen LogP contribution in [0.5, 0.6) is 11.5 Å². The molecule has 1 atom stereocenters. The van der Waals surface area contributed by atoms with E-state index in [1.165, 1.54) is 4.88 Å². The summed E-state index contributed by atoms with van der Waals surface area (Å²) in [5.41, 5.74) is 1.16. The van der Waals surface area contributed by atoms with Gasteiger partial charge in [-0.15, -0.1) is 11.3 Å². The normalized spacial score (nSPS) is 15.1. The van der Waals surface area contributed by atoms with E-state index in [4.69, 9.17) is 9.47 Å². The van der Waals surface area contributed by atoms with Crippen LogP contribution in [0.15, 0.2) is 34.1 Å². The van der Waals surface area contributed by atoms with E-state index >= 15 is 0 Å². The molecule has 5 heteroatoms. The first-order valence-corrected chi connectivity index (χ1v) is 8.19. The van der Waals surface area contributed by atoms with E-state index in [0.717, 1.165) is 27.3 Å². The summed E-state index contributed by atoms with van der Waals surface area (Å²) in [7, 11) is 1.98. The molecule has 0 saturated heterocycles. The third kappa shape index (κ3) is 2.85. The highest BCUT2D eigenvalue weighted by Gasteiger charge is 2.21. The van der Waals surface area contributed by atoms with Gasteiger partial charge in [0.1, 0.15) is 13.2 Å². The Kier molecular flexibility index (Phi) is 4.29. The molecule has 2 aromatic rings. The Morgan fingerprint density at radius 1 is 1.25 bits per heavy atom. The molecule has 106 valence electrons. The van der Waals surface area contributed by atoms with Crippen LogP contribution in [0.3, 0.4) is 0 Å². The Morgan fingerprint density at radius 3 is 2.85 bits per heavy atom. The lowest BCUT2D eigenvalue weighted by Crippen LogP contribution is -2.22. The van der Waals surface area contributed by atoms with Crippen molar-refractivity contribution < 1.29 is 9.47 Å². The summed E-state index contributed by atoms with van der Waals surface area (Å²) in [5, 5.41) is 3.38. The molecular weight excluding hydrogens is 338 g/mol. The highest BCUT2D eigenvalue weighted by atomic mass is 79.9. The first kappa shape index (κ1) is 13.9. The largest absolute Gasteiger partial charge is 0.486 e. The van der Waals surface area contributed by atoms with Crippen molar-refractivity contribution in [3.63, 3.8) is 0 Å². The molecule has 1 aliphatic heterocycles. The summed E-state index contributed by atoms with van der Waals surface area (Å²) < 4.78 is 12.6. The maximum atomic E-state index is 5.81. The van der Waals surface area contributed by atoms with Crippen molar-refractivity contribution >= 4 is 27.3 Å². The summed E-state index contributed by atoms with van der Waals surface area (Å²) >= 11 is 5.28. The zero-order valence-electron chi connectivity index (χ0n) is 11.2. The molecule has 0 spiro atoms. The second-order valence-corrected chi connectivity index (χ2v) is 7.17. The fraction of sp³-hybridized carbons (Fsp3) is 0.333. The van der Waals surface area contributed by atoms with E-state index in [0.29, 0.717) is 13.2 Å². The smallest absolute Gasteiger partial charge is 0.166 e. The summed E-state index contributed by atoms with van der Waals surface area (Å²) in [6.45, 7) is 1.24. The number of fused-ring (bicyclic) bond motifs is 1. The quantitative estimate of drug-likeness (QED) is 0.906. The summed E-state index contributed by atoms with van der Waals surface area (Å²) in [4.78, 5) is 1.34. The third-order valence-corrected chi connectivity index (χ3v) is 5.00. The maximum Gasteiger partial charge on any atom is 0.166 e. The molecule has 1 unspecified atom stereocenters. The number of ether oxygens (including phenoxy) is 2. The summed E-state index contributed by atoms with van der Waals surface area (Å²) in [6, 6.07) is 10.6. The number of halogens is 1. The molecule has 0 aliphatic carbocycles. The molecule has 3 rings (SSSR count). The van der Waals surface area contributed by atoms with E-state index in [2.05, 4.69) is 39.4 Å². The lowest BCUT2D eigenvalue weighted by molar-refractivity contribution is 0.168. The van der Waals surface area contributed by atoms with Crippen LogP contribution in [0.1, 0.15) is 16.5 Å². The van der Waals surface area contributed by atoms with Gasteiger partial charge in [0.15, 0.2) is 11.5 Å². The molecule has 1 aromatic carbocycles. The van der Waals surface area contributed by atoms with Gasteiger partial charge in [0.2, 0.25) is 0 Å². The van der Waals surface area contributed by atoms with Crippen LogP contribution in [0.2, 0.25) is 0 Å². The van der Waals surface area contributed by atoms with Gasteiger partial charge in [-0.2, -0.15) is 0 Å². The lowest BCUT2D eigenvalue weighted by atomic mass is 10.0. The number of hydrogen-bond acceptors (Lipinski definition) is 4. The van der Waals surface area contributed by atoms with Crippen LogP contribution in [0.25, 0.3) is 0 Å². The average Bonchev–Trinajstić information content (AvgIpc) is 2.89. The molecule has 0 saturated carbocycles. The highest BCUT2D eigenvalue weighted by molar-refractivity contribution is 9.11. The summed E-state index contributed by atoms with van der Waals surface area (Å²) in [5.74, 6) is 1.73. The van der Waals surface area contributed by atoms with Gasteiger partial charge < -0.3 is 14.8 Å². The molecule has 0 amide bonds. The fourth-order valence-electron chi connectivity index (χ4n) is 2.40. The van der Waals surface area contributed by atoms with Crippen LogP contribution in [0.4, 0.5) is 0 Å². The minimum absolute atomic E-state index is 0.220. The molecule has 20 heavy (non-hydrogen) atoms. The average molecular weight is 354 g/mol. The van der Waals surface area contributed by atoms with Crippen LogP contribution in [-0.4, -0.2) is 20.3 Å². The first-order chi connectivity index (χ1) is 9.78. The van der Waals surface area contributed by atoms with Gasteiger partial charge >= 0.3 is 0 Å². The highest BCUT2D eigenvalue weighted by Crippen LogP contribution is 2.38. The maximum absolute atomic E-state index is 5.81. The Labute approximate surface area is 131 Å². The number of likely N-dealkylation sites (N-methyl/N-ethyl adjacent to an activating group) is 1. The molecule has 2 heterocycles. The van der Waals surface area contributed by atoms with Gasteiger partial charge in [-0.05, 0) is 41.2 Å². The SMILES string of the molecule is CNC(Cc1ccc(Br)s1)c1cccc2c1OCCO2. The van der Waals surface area contributed by atoms with Crippen molar-refractivity contribution in [3.05, 3.63) is 44.6 Å². The molecule has 0 fully saturated rings. The summed E-state index contributed by atoms with van der Waals surface area (Å²) in [6.07, 6.45) is 0.937. The zero-order chi connectivity index (χ0) is 13.9. The molecule has 1 aliphatic rings. The van der Waals surface area contributed by atoms with Gasteiger partial charge in [-0.3, -0.25) is 0 Å². The number of rotatable bonds is 4. The van der Waals surface area contributed by atoms with Crippen molar-refractivity contribution in [1.82, 2.24) is 5.32 Å². The lowest BCUT2D eigenvalue weighted by Gasteiger charge is -2.25. The minimum Gasteiger partial charge on any atom is -0.486 e. The fourth-order valence-corrected chi connectivity index (χ4v) is 3.93. The van der Waals surface area contributed by atoms with E-state index in [1.54, 1.807) is 11.3 Å². The Balaban J connectivity index is 1.89. The van der Waals surface area contributed by atoms with Crippen molar-refractivity contribution in [2.24, 2.45) is 0 Å². The number of benzene rings is 1. The predicted octanol–water partition coefficient (Wildman–Crippen LogP) is 3.79. The van der Waals surface area contributed by atoms with Gasteiger partial charge in [-0.1, -0.05) is 12.1 Å². The molecular formula is C15H16BrNO2S. The molecule has 0 radical (unpaired) electrons. The monoisotopic (exact) mass is 353 g/mol. The number of thiophene rings is 1. The van der Waals surface area contributed by atoms with Crippen molar-refractivity contribution in [2.75, 3.05) is 20.3 Å². The third-order valence-electron chi connectivity index (χ3n) is 3.35. The number of para-hydroxylation sites is 1. The second-order valence-electron chi connectivity index (χ2n) is 4.62. The van der Waals surface area contributed by atoms with Crippen LogP contribution < -0.4 is 14.8 Å². The van der Waals surface area contributed by atoms with Crippen LogP contribution >= 0.6 is 27.3 Å². The van der Waals surface area contributed by atoms with Gasteiger partial charge in [0, 0.05) is 22.9 Å². The predicted molar refractivity (Wildman–Crippen MR) is 85.0 cm³/mol. The van der Waals surface area contributed by atoms with E-state index in [1.807, 2.05) is 19.2 Å². The van der Waals surface area contributed by atoms with E-state index < -0.39 is 0 Å². The molecule has 1 aromatic heterocycles. The van der Waals surface area contributed by atoms with E-state index in [-0.39, 0.29) is 6.04 Å². The van der Waals surface area contributed by atoms with Gasteiger partial charge in [0.05, 0.1) is 3.79 Å². The standard InChI is InChI=1S/C15H16BrNO2S/c1-17-12(9-10-5-6-14(16)20-10)11-3-2-4-13-15(11)19-8-7-18-13/h2-6,12,17H,7-9H2,1H3. The minimum atomic E-state index is 0.220. The molecule has 0 bridgehead atoms. The number of hydrogen-bond donors (Lipinski definition) is 1. The molecule has 3 nitrogen and oxygen atoms in total. The van der Waals surface area contributed by atoms with Crippen LogP contribution in [0, 0.1) is 0 Å². The van der Waals surface area contributed by atoms with Gasteiger partial charge in [0.25, 0.3) is 0 Å². The van der Waals surface area contributed by atoms with Gasteiger partial charge in [-0.25, -0.2) is 0 Å². The number of nitrogens with one attached hydrogen (secondary N) is 1. The van der Waals surface area contributed by atoms with Crippen molar-refractivity contribution in [3.8, 4) is 11.5 Å². The Morgan fingerprint density at radius 2 is 2.10 bits per heavy atom. The molecule has 1 N–H and O–H groups in total.